The van der Waals surface area contributed by atoms with E-state index in [0.717, 1.165) is 33.4 Å². The number of aryl methyl sites for hydroxylation is 4. The Kier molecular flexibility index (Phi) is 6.38. The molecule has 0 N–H and O–H groups in total. The van der Waals surface area contributed by atoms with Crippen LogP contribution in [0.1, 0.15) is 58.9 Å². The van der Waals surface area contributed by atoms with Crippen LogP contribution in [0.5, 0.6) is 0 Å². The summed E-state index contributed by atoms with van der Waals surface area (Å²) in [6.07, 6.45) is 0. The number of Topliss-reactive ketones (excluding diaryl/α,β-unsaturated/α-hetero) is 2. The van der Waals surface area contributed by atoms with Crippen molar-refractivity contribution in [2.75, 3.05) is 0 Å². The maximum absolute atomic E-state index is 13.9. The molecule has 0 aliphatic heterocycles. The molecule has 0 saturated heterocycles. The fraction of sp³-hybridized carbons (Fsp3) is 0.129. The summed E-state index contributed by atoms with van der Waals surface area (Å²) in [5.74, 6) is -1.58. The van der Waals surface area contributed by atoms with E-state index < -0.39 is 11.6 Å². The van der Waals surface area contributed by atoms with E-state index in [9.17, 15) is 14.4 Å². The molecular formula is C31H26O3. The molecule has 0 unspecified atom stereocenters. The topological polar surface area (TPSA) is 51.2 Å². The third-order valence-electron chi connectivity index (χ3n) is 5.97. The predicted octanol–water partition coefficient (Wildman–Crippen LogP) is 6.88. The lowest BCUT2D eigenvalue weighted by molar-refractivity contribution is 0.0815. The SMILES string of the molecule is Cc1ccc(C(=O)C(=O)c2ccc(C)cc2C(=O)c2cc(C)ccc2-c2ccc(C)cc2)cc1. The van der Waals surface area contributed by atoms with E-state index in [1.165, 1.54) is 0 Å². The molecule has 34 heavy (non-hydrogen) atoms. The first kappa shape index (κ1) is 23.1. The van der Waals surface area contributed by atoms with Gasteiger partial charge in [0, 0.05) is 22.3 Å². The Balaban J connectivity index is 1.81. The van der Waals surface area contributed by atoms with E-state index in [4.69, 9.17) is 0 Å². The van der Waals surface area contributed by atoms with Gasteiger partial charge in [-0.25, -0.2) is 0 Å². The molecule has 0 atom stereocenters. The zero-order chi connectivity index (χ0) is 24.4. The van der Waals surface area contributed by atoms with Crippen LogP contribution in [0.2, 0.25) is 0 Å². The van der Waals surface area contributed by atoms with Crippen molar-refractivity contribution in [1.82, 2.24) is 0 Å². The largest absolute Gasteiger partial charge is 0.289 e. The standard InChI is InChI=1S/C31H26O3/c1-19-5-11-23(12-6-19)25-15-9-21(3)17-27(25)30(33)28-18-22(4)10-16-26(28)31(34)29(32)24-13-7-20(2)8-14-24/h5-18H,1-4H3. The van der Waals surface area contributed by atoms with Crippen LogP contribution in [-0.2, 0) is 0 Å². The molecule has 0 saturated carbocycles. The molecule has 0 aromatic heterocycles. The molecule has 0 fully saturated rings. The van der Waals surface area contributed by atoms with E-state index in [2.05, 4.69) is 0 Å². The molecule has 0 aliphatic rings. The molecule has 168 valence electrons. The average molecular weight is 447 g/mol. The van der Waals surface area contributed by atoms with Gasteiger partial charge >= 0.3 is 0 Å². The molecule has 0 amide bonds. The minimum Gasteiger partial charge on any atom is -0.289 e. The van der Waals surface area contributed by atoms with Gasteiger partial charge in [-0.2, -0.15) is 0 Å². The van der Waals surface area contributed by atoms with E-state index >= 15 is 0 Å². The van der Waals surface area contributed by atoms with E-state index in [-0.39, 0.29) is 16.9 Å². The molecule has 0 radical (unpaired) electrons. The molecular weight excluding hydrogens is 420 g/mol. The van der Waals surface area contributed by atoms with E-state index in [1.807, 2.05) is 70.2 Å². The zero-order valence-electron chi connectivity index (χ0n) is 19.8. The number of hydrogen-bond acceptors (Lipinski definition) is 3. The van der Waals surface area contributed by atoms with Gasteiger partial charge in [-0.15, -0.1) is 0 Å². The predicted molar refractivity (Wildman–Crippen MR) is 136 cm³/mol. The van der Waals surface area contributed by atoms with Crippen LogP contribution in [0, 0.1) is 27.7 Å². The maximum Gasteiger partial charge on any atom is 0.234 e. The van der Waals surface area contributed by atoms with Gasteiger partial charge in [0.05, 0.1) is 0 Å². The summed E-state index contributed by atoms with van der Waals surface area (Å²) >= 11 is 0. The molecule has 4 rings (SSSR count). The summed E-state index contributed by atoms with van der Waals surface area (Å²) in [6, 6.07) is 25.6. The molecule has 4 aromatic carbocycles. The van der Waals surface area contributed by atoms with Crippen molar-refractivity contribution in [3.05, 3.63) is 129 Å². The van der Waals surface area contributed by atoms with Gasteiger partial charge in [0.2, 0.25) is 11.6 Å². The van der Waals surface area contributed by atoms with Gasteiger partial charge < -0.3 is 0 Å². The van der Waals surface area contributed by atoms with Gasteiger partial charge in [-0.1, -0.05) is 89.0 Å². The van der Waals surface area contributed by atoms with Crippen LogP contribution in [-0.4, -0.2) is 17.3 Å². The van der Waals surface area contributed by atoms with Crippen molar-refractivity contribution in [2.24, 2.45) is 0 Å². The summed E-state index contributed by atoms with van der Waals surface area (Å²) < 4.78 is 0. The summed E-state index contributed by atoms with van der Waals surface area (Å²) in [6.45, 7) is 7.73. The highest BCUT2D eigenvalue weighted by Gasteiger charge is 2.26. The molecule has 0 spiro atoms. The number of ketones is 3. The highest BCUT2D eigenvalue weighted by Crippen LogP contribution is 2.29. The Morgan fingerprint density at radius 1 is 0.471 bits per heavy atom. The molecule has 0 bridgehead atoms. The van der Waals surface area contributed by atoms with Crippen molar-refractivity contribution in [2.45, 2.75) is 27.7 Å². The Hall–Kier alpha value is -4.11. The van der Waals surface area contributed by atoms with Crippen LogP contribution in [0.3, 0.4) is 0 Å². The smallest absolute Gasteiger partial charge is 0.234 e. The number of hydrogen-bond donors (Lipinski definition) is 0. The first-order valence-corrected chi connectivity index (χ1v) is 11.2. The fourth-order valence-corrected chi connectivity index (χ4v) is 3.98. The normalized spacial score (nSPS) is 10.7. The van der Waals surface area contributed by atoms with Gasteiger partial charge in [0.1, 0.15) is 0 Å². The maximum atomic E-state index is 13.9. The Labute approximate surface area is 200 Å². The lowest BCUT2D eigenvalue weighted by Gasteiger charge is -2.14. The number of benzene rings is 4. The number of carbonyl (C=O) groups excluding carboxylic acids is 3. The number of rotatable bonds is 6. The van der Waals surface area contributed by atoms with E-state index in [1.54, 1.807) is 42.5 Å². The number of carbonyl (C=O) groups is 3. The summed E-state index contributed by atoms with van der Waals surface area (Å²) in [7, 11) is 0. The first-order valence-electron chi connectivity index (χ1n) is 11.2. The third kappa shape index (κ3) is 4.65. The van der Waals surface area contributed by atoms with Crippen molar-refractivity contribution in [1.29, 1.82) is 0 Å². The minimum atomic E-state index is -0.684. The highest BCUT2D eigenvalue weighted by atomic mass is 16.2. The van der Waals surface area contributed by atoms with Crippen molar-refractivity contribution in [3.63, 3.8) is 0 Å². The summed E-state index contributed by atoms with van der Waals surface area (Å²) in [4.78, 5) is 40.1. The molecule has 3 nitrogen and oxygen atoms in total. The Morgan fingerprint density at radius 2 is 0.971 bits per heavy atom. The van der Waals surface area contributed by atoms with Gasteiger partial charge in [0.25, 0.3) is 0 Å². The Bertz CT molecular complexity index is 1410. The molecule has 0 aliphatic carbocycles. The quantitative estimate of drug-likeness (QED) is 0.239. The van der Waals surface area contributed by atoms with Crippen LogP contribution in [0.15, 0.2) is 84.9 Å². The van der Waals surface area contributed by atoms with Crippen molar-refractivity contribution >= 4 is 17.3 Å². The lowest BCUT2D eigenvalue weighted by Crippen LogP contribution is -2.19. The molecule has 4 aromatic rings. The first-order chi connectivity index (χ1) is 16.2. The Morgan fingerprint density at radius 3 is 1.59 bits per heavy atom. The van der Waals surface area contributed by atoms with Crippen LogP contribution in [0.4, 0.5) is 0 Å². The fourth-order valence-electron chi connectivity index (χ4n) is 3.98. The lowest BCUT2D eigenvalue weighted by atomic mass is 9.88. The van der Waals surface area contributed by atoms with E-state index in [0.29, 0.717) is 11.1 Å². The second-order valence-electron chi connectivity index (χ2n) is 8.82. The summed E-state index contributed by atoms with van der Waals surface area (Å²) in [5, 5.41) is 0. The molecule has 0 heterocycles. The average Bonchev–Trinajstić information content (AvgIpc) is 2.83. The molecule has 3 heteroatoms. The zero-order valence-corrected chi connectivity index (χ0v) is 19.8. The van der Waals surface area contributed by atoms with Gasteiger partial charge in [-0.05, 0) is 57.0 Å². The second kappa shape index (κ2) is 9.40. The second-order valence-corrected chi connectivity index (χ2v) is 8.82. The minimum absolute atomic E-state index is 0.123. The van der Waals surface area contributed by atoms with Gasteiger partial charge in [0.15, 0.2) is 5.78 Å². The van der Waals surface area contributed by atoms with Crippen LogP contribution in [0.25, 0.3) is 11.1 Å². The third-order valence-corrected chi connectivity index (χ3v) is 5.97. The van der Waals surface area contributed by atoms with Crippen LogP contribution >= 0.6 is 0 Å². The van der Waals surface area contributed by atoms with Crippen LogP contribution < -0.4 is 0 Å². The monoisotopic (exact) mass is 446 g/mol. The van der Waals surface area contributed by atoms with Gasteiger partial charge in [-0.3, -0.25) is 14.4 Å². The highest BCUT2D eigenvalue weighted by molar-refractivity contribution is 6.50. The van der Waals surface area contributed by atoms with Crippen molar-refractivity contribution in [3.8, 4) is 11.1 Å². The van der Waals surface area contributed by atoms with Crippen molar-refractivity contribution < 1.29 is 14.4 Å². The summed E-state index contributed by atoms with van der Waals surface area (Å²) in [5.41, 5.74) is 6.80.